The number of H-pyrrole nitrogens is 1. The summed E-state index contributed by atoms with van der Waals surface area (Å²) in [6.07, 6.45) is 1.74. The number of hydrogen-bond acceptors (Lipinski definition) is 4. The third kappa shape index (κ3) is 3.72. The van der Waals surface area contributed by atoms with E-state index in [0.717, 1.165) is 10.9 Å². The first kappa shape index (κ1) is 21.7. The van der Waals surface area contributed by atoms with E-state index in [0.29, 0.717) is 50.0 Å². The maximum absolute atomic E-state index is 14.8. The zero-order valence-electron chi connectivity index (χ0n) is 19.1. The highest BCUT2D eigenvalue weighted by molar-refractivity contribution is 5.95. The van der Waals surface area contributed by atoms with Crippen molar-refractivity contribution in [2.75, 3.05) is 13.1 Å². The average Bonchev–Trinajstić information content (AvgIpc) is 3.25. The molecule has 3 aromatic carbocycles. The molecule has 35 heavy (non-hydrogen) atoms. The number of fused-ring (bicyclic) bond motifs is 3. The summed E-state index contributed by atoms with van der Waals surface area (Å²) < 4.78 is 21.0. The third-order valence-corrected chi connectivity index (χ3v) is 7.28. The van der Waals surface area contributed by atoms with Gasteiger partial charge >= 0.3 is 0 Å². The largest absolute Gasteiger partial charge is 0.365 e. The first-order valence-corrected chi connectivity index (χ1v) is 11.8. The van der Waals surface area contributed by atoms with E-state index in [1.807, 2.05) is 24.3 Å². The molecule has 0 aliphatic carbocycles. The number of nitrogens with zero attached hydrogens (tertiary/aromatic N) is 2. The van der Waals surface area contributed by atoms with Gasteiger partial charge in [0.25, 0.3) is 11.5 Å². The molecule has 176 valence electrons. The van der Waals surface area contributed by atoms with Crippen LogP contribution in [0.5, 0.6) is 0 Å². The van der Waals surface area contributed by atoms with Crippen LogP contribution >= 0.6 is 0 Å². The molecule has 1 saturated heterocycles. The number of amides is 1. The number of piperidine rings is 1. The normalized spacial score (nSPS) is 16.5. The molecule has 0 atom stereocenters. The monoisotopic (exact) mass is 469 g/mol. The van der Waals surface area contributed by atoms with Gasteiger partial charge in [-0.1, -0.05) is 48.5 Å². The summed E-state index contributed by atoms with van der Waals surface area (Å²) in [6, 6.07) is 20.1. The van der Waals surface area contributed by atoms with Crippen LogP contribution in [0.25, 0.3) is 10.8 Å². The van der Waals surface area contributed by atoms with Crippen molar-refractivity contribution in [3.8, 4) is 0 Å². The van der Waals surface area contributed by atoms with Crippen LogP contribution in [-0.4, -0.2) is 34.1 Å². The zero-order valence-corrected chi connectivity index (χ0v) is 19.1. The predicted octanol–water partition coefficient (Wildman–Crippen LogP) is 4.31. The molecular formula is C28H24FN3O3. The summed E-state index contributed by atoms with van der Waals surface area (Å²) in [4.78, 5) is 27.1. The Morgan fingerprint density at radius 1 is 1.03 bits per heavy atom. The van der Waals surface area contributed by atoms with Gasteiger partial charge in [-0.15, -0.1) is 0 Å². The van der Waals surface area contributed by atoms with Crippen LogP contribution in [0.2, 0.25) is 0 Å². The number of aromatic nitrogens is 2. The van der Waals surface area contributed by atoms with Crippen molar-refractivity contribution in [3.05, 3.63) is 111 Å². The number of nitrogens with one attached hydrogen (secondary N) is 1. The van der Waals surface area contributed by atoms with Crippen molar-refractivity contribution in [1.82, 2.24) is 15.1 Å². The van der Waals surface area contributed by atoms with Gasteiger partial charge in [-0.2, -0.15) is 5.10 Å². The lowest BCUT2D eigenvalue weighted by molar-refractivity contribution is -0.0742. The lowest BCUT2D eigenvalue weighted by Gasteiger charge is -2.39. The van der Waals surface area contributed by atoms with Gasteiger partial charge in [-0.3, -0.25) is 9.59 Å². The summed E-state index contributed by atoms with van der Waals surface area (Å²) in [7, 11) is 0. The van der Waals surface area contributed by atoms with Crippen molar-refractivity contribution < 1.29 is 13.9 Å². The van der Waals surface area contributed by atoms with Crippen molar-refractivity contribution >= 4 is 16.7 Å². The lowest BCUT2D eigenvalue weighted by Crippen LogP contribution is -2.45. The van der Waals surface area contributed by atoms with E-state index in [1.54, 1.807) is 29.2 Å². The number of hydrogen-bond donors (Lipinski definition) is 1. The molecule has 0 radical (unpaired) electrons. The van der Waals surface area contributed by atoms with E-state index >= 15 is 0 Å². The van der Waals surface area contributed by atoms with Crippen molar-refractivity contribution in [3.63, 3.8) is 0 Å². The summed E-state index contributed by atoms with van der Waals surface area (Å²) in [5.41, 5.74) is 3.28. The Morgan fingerprint density at radius 3 is 2.60 bits per heavy atom. The van der Waals surface area contributed by atoms with E-state index in [4.69, 9.17) is 4.74 Å². The molecule has 6 rings (SSSR count). The fraction of sp³-hybridized carbons (Fsp3) is 0.250. The van der Waals surface area contributed by atoms with Gasteiger partial charge in [0.05, 0.1) is 28.9 Å². The van der Waals surface area contributed by atoms with Crippen LogP contribution in [0.15, 0.2) is 71.5 Å². The van der Waals surface area contributed by atoms with Crippen molar-refractivity contribution in [2.24, 2.45) is 0 Å². The smallest absolute Gasteiger partial charge is 0.272 e. The van der Waals surface area contributed by atoms with Gasteiger partial charge in [-0.05, 0) is 47.7 Å². The molecule has 0 saturated carbocycles. The molecule has 1 aromatic heterocycles. The minimum Gasteiger partial charge on any atom is -0.365 e. The fourth-order valence-corrected chi connectivity index (χ4v) is 5.39. The first-order valence-electron chi connectivity index (χ1n) is 11.8. The van der Waals surface area contributed by atoms with Gasteiger partial charge in [0.2, 0.25) is 0 Å². The van der Waals surface area contributed by atoms with Gasteiger partial charge in [0.1, 0.15) is 5.82 Å². The minimum absolute atomic E-state index is 0.0555. The molecule has 7 heteroatoms. The molecule has 6 nitrogen and oxygen atoms in total. The molecule has 2 aliphatic heterocycles. The zero-order chi connectivity index (χ0) is 24.0. The second kappa shape index (κ2) is 8.43. The first-order chi connectivity index (χ1) is 17.0. The Balaban J connectivity index is 1.23. The van der Waals surface area contributed by atoms with Crippen LogP contribution in [0, 0.1) is 5.82 Å². The molecule has 1 N–H and O–H groups in total. The highest BCUT2D eigenvalue weighted by atomic mass is 19.1. The van der Waals surface area contributed by atoms with E-state index in [1.165, 1.54) is 17.2 Å². The Bertz CT molecular complexity index is 1510. The Morgan fingerprint density at radius 2 is 1.77 bits per heavy atom. The molecule has 1 fully saturated rings. The molecule has 2 aliphatic rings. The van der Waals surface area contributed by atoms with Crippen LogP contribution in [0.1, 0.15) is 45.6 Å². The quantitative estimate of drug-likeness (QED) is 0.485. The van der Waals surface area contributed by atoms with Crippen LogP contribution in [0.3, 0.4) is 0 Å². The minimum atomic E-state index is -0.541. The maximum atomic E-state index is 14.8. The number of ether oxygens (including phenoxy) is 1. The Kier molecular flexibility index (Phi) is 5.22. The lowest BCUT2D eigenvalue weighted by atomic mass is 9.83. The van der Waals surface area contributed by atoms with Gasteiger partial charge < -0.3 is 9.64 Å². The predicted molar refractivity (Wildman–Crippen MR) is 130 cm³/mol. The van der Waals surface area contributed by atoms with Crippen LogP contribution in [0.4, 0.5) is 4.39 Å². The van der Waals surface area contributed by atoms with Crippen molar-refractivity contribution in [2.45, 2.75) is 31.5 Å². The third-order valence-electron chi connectivity index (χ3n) is 7.28. The number of rotatable bonds is 3. The summed E-state index contributed by atoms with van der Waals surface area (Å²) in [5.74, 6) is -0.856. The Hall–Kier alpha value is -3.84. The number of benzene rings is 3. The second-order valence-electron chi connectivity index (χ2n) is 9.27. The van der Waals surface area contributed by atoms with E-state index in [-0.39, 0.29) is 22.6 Å². The molecule has 1 spiro atoms. The molecule has 0 bridgehead atoms. The van der Waals surface area contributed by atoms with Crippen molar-refractivity contribution in [1.29, 1.82) is 0 Å². The molecule has 4 aromatic rings. The topological polar surface area (TPSA) is 75.3 Å². The standard InChI is InChI=1S/C28H24FN3O3/c29-24-10-9-18(16-25-20-6-2-3-7-21(20)26(33)31-30-25)15-22(24)27(34)32-13-11-28(12-14-32)23-8-4-1-5-19(23)17-35-28/h1-10,15H,11-14,16-17H2,(H,31,33). The van der Waals surface area contributed by atoms with Crippen LogP contribution in [-0.2, 0) is 23.4 Å². The number of carbonyl (C=O) groups excluding carboxylic acids is 1. The molecular weight excluding hydrogens is 445 g/mol. The van der Waals surface area contributed by atoms with E-state index < -0.39 is 5.82 Å². The fourth-order valence-electron chi connectivity index (χ4n) is 5.39. The highest BCUT2D eigenvalue weighted by Gasteiger charge is 2.43. The molecule has 3 heterocycles. The Labute approximate surface area is 201 Å². The molecule has 1 amide bonds. The highest BCUT2D eigenvalue weighted by Crippen LogP contribution is 2.44. The SMILES string of the molecule is O=C(c1cc(Cc2n[nH]c(=O)c3ccccc23)ccc1F)N1CCC2(CC1)OCc1ccccc12. The van der Waals surface area contributed by atoms with Gasteiger partial charge in [-0.25, -0.2) is 9.49 Å². The van der Waals surface area contributed by atoms with Gasteiger partial charge in [0, 0.05) is 24.9 Å². The summed E-state index contributed by atoms with van der Waals surface area (Å²) >= 11 is 0. The number of halogens is 1. The van der Waals surface area contributed by atoms with Crippen LogP contribution < -0.4 is 5.56 Å². The van der Waals surface area contributed by atoms with E-state index in [2.05, 4.69) is 22.3 Å². The number of aromatic amines is 1. The number of carbonyl (C=O) groups is 1. The summed E-state index contributed by atoms with van der Waals surface area (Å²) in [5, 5.41) is 8.03. The van der Waals surface area contributed by atoms with E-state index in [9.17, 15) is 14.0 Å². The maximum Gasteiger partial charge on any atom is 0.272 e. The molecule has 0 unspecified atom stereocenters. The van der Waals surface area contributed by atoms with Gasteiger partial charge in [0.15, 0.2) is 0 Å². The number of likely N-dealkylation sites (tertiary alicyclic amines) is 1. The average molecular weight is 470 g/mol. The summed E-state index contributed by atoms with van der Waals surface area (Å²) in [6.45, 7) is 1.60. The second-order valence-corrected chi connectivity index (χ2v) is 9.27.